The Kier molecular flexibility index (Phi) is 5.31. The third-order valence-electron chi connectivity index (χ3n) is 4.22. The lowest BCUT2D eigenvalue weighted by Gasteiger charge is -2.06. The van der Waals surface area contributed by atoms with Crippen LogP contribution in [0.3, 0.4) is 0 Å². The van der Waals surface area contributed by atoms with E-state index < -0.39 is 0 Å². The van der Waals surface area contributed by atoms with Crippen molar-refractivity contribution in [1.29, 1.82) is 5.26 Å². The number of benzene rings is 3. The summed E-state index contributed by atoms with van der Waals surface area (Å²) >= 11 is 13.6. The van der Waals surface area contributed by atoms with Gasteiger partial charge in [-0.25, -0.2) is 4.98 Å². The van der Waals surface area contributed by atoms with Gasteiger partial charge in [-0.3, -0.25) is 0 Å². The summed E-state index contributed by atoms with van der Waals surface area (Å²) < 4.78 is 0. The minimum absolute atomic E-state index is 0.453. The van der Waals surface area contributed by atoms with E-state index in [4.69, 9.17) is 23.2 Å². The Morgan fingerprint density at radius 3 is 2.71 bits per heavy atom. The van der Waals surface area contributed by atoms with Gasteiger partial charge in [0, 0.05) is 33.2 Å². The van der Waals surface area contributed by atoms with Crippen molar-refractivity contribution in [3.8, 4) is 17.3 Å². The van der Waals surface area contributed by atoms with Gasteiger partial charge in [0.15, 0.2) is 0 Å². The molecule has 3 nitrogen and oxygen atoms in total. The van der Waals surface area contributed by atoms with Crippen LogP contribution in [0, 0.1) is 11.3 Å². The smallest absolute Gasteiger partial charge is 0.136 e. The van der Waals surface area contributed by atoms with Crippen LogP contribution in [0.5, 0.6) is 0 Å². The molecule has 4 aromatic rings. The Hall–Kier alpha value is -2.84. The van der Waals surface area contributed by atoms with Crippen LogP contribution in [0.15, 0.2) is 72.2 Å². The molecule has 0 aliphatic heterocycles. The highest BCUT2D eigenvalue weighted by Crippen LogP contribution is 2.32. The molecule has 0 aliphatic rings. The van der Waals surface area contributed by atoms with Crippen molar-refractivity contribution in [1.82, 2.24) is 4.98 Å². The van der Waals surface area contributed by atoms with Crippen LogP contribution in [0.25, 0.3) is 27.6 Å². The molecule has 0 amide bonds. The van der Waals surface area contributed by atoms with Crippen molar-refractivity contribution in [3.63, 3.8) is 0 Å². The van der Waals surface area contributed by atoms with Gasteiger partial charge in [-0.1, -0.05) is 59.6 Å². The van der Waals surface area contributed by atoms with E-state index in [-0.39, 0.29) is 0 Å². The van der Waals surface area contributed by atoms with Gasteiger partial charge in [0.25, 0.3) is 0 Å². The fraction of sp³-hybridized carbons (Fsp3) is 0. The average molecular weight is 422 g/mol. The number of nitrogens with one attached hydrogen (secondary N) is 1. The van der Waals surface area contributed by atoms with Gasteiger partial charge in [-0.15, -0.1) is 11.3 Å². The van der Waals surface area contributed by atoms with Crippen molar-refractivity contribution >= 4 is 56.6 Å². The molecule has 6 heteroatoms. The highest BCUT2D eigenvalue weighted by molar-refractivity contribution is 7.11. The van der Waals surface area contributed by atoms with Crippen LogP contribution < -0.4 is 5.32 Å². The number of nitrogens with zero attached hydrogens (tertiary/aromatic N) is 2. The summed E-state index contributed by atoms with van der Waals surface area (Å²) in [5.74, 6) is 0. The van der Waals surface area contributed by atoms with Gasteiger partial charge in [0.2, 0.25) is 0 Å². The standard InChI is InChI=1S/C22H13Cl2N3S/c23-16-8-9-18(19(24)10-16)21-13-28-22(27-21)15(11-25)12-26-20-7-3-5-14-4-1-2-6-17(14)20/h1-10,12-13,26H. The fourth-order valence-electron chi connectivity index (χ4n) is 2.86. The summed E-state index contributed by atoms with van der Waals surface area (Å²) in [6.07, 6.45) is 1.69. The Bertz CT molecular complexity index is 1230. The minimum atomic E-state index is 0.453. The Labute approximate surface area is 176 Å². The van der Waals surface area contributed by atoms with Crippen molar-refractivity contribution < 1.29 is 0 Å². The monoisotopic (exact) mass is 421 g/mol. The maximum Gasteiger partial charge on any atom is 0.136 e. The van der Waals surface area contributed by atoms with Gasteiger partial charge in [-0.2, -0.15) is 5.26 Å². The zero-order chi connectivity index (χ0) is 19.5. The second-order valence-corrected chi connectivity index (χ2v) is 7.70. The van der Waals surface area contributed by atoms with Gasteiger partial charge < -0.3 is 5.32 Å². The number of thiazole rings is 1. The third kappa shape index (κ3) is 3.74. The highest BCUT2D eigenvalue weighted by atomic mass is 35.5. The molecule has 0 unspecified atom stereocenters. The van der Waals surface area contributed by atoms with Crippen LogP contribution >= 0.6 is 34.5 Å². The third-order valence-corrected chi connectivity index (χ3v) is 5.65. The number of rotatable bonds is 4. The molecule has 28 heavy (non-hydrogen) atoms. The predicted octanol–water partition coefficient (Wildman–Crippen LogP) is 7.25. The molecule has 0 saturated heterocycles. The zero-order valence-electron chi connectivity index (χ0n) is 14.5. The molecule has 0 fully saturated rings. The average Bonchev–Trinajstić information content (AvgIpc) is 3.18. The van der Waals surface area contributed by atoms with Gasteiger partial charge >= 0.3 is 0 Å². The molecular formula is C22H13Cl2N3S. The molecule has 0 bridgehead atoms. The second-order valence-electron chi connectivity index (χ2n) is 6.00. The lowest BCUT2D eigenvalue weighted by molar-refractivity contribution is 1.36. The molecule has 0 saturated carbocycles. The van der Waals surface area contributed by atoms with E-state index in [0.29, 0.717) is 26.3 Å². The summed E-state index contributed by atoms with van der Waals surface area (Å²) in [5.41, 5.74) is 2.89. The van der Waals surface area contributed by atoms with Gasteiger partial charge in [-0.05, 0) is 29.7 Å². The number of nitriles is 1. The first-order chi connectivity index (χ1) is 13.7. The molecule has 4 rings (SSSR count). The molecule has 0 radical (unpaired) electrons. The summed E-state index contributed by atoms with van der Waals surface area (Å²) in [7, 11) is 0. The van der Waals surface area contributed by atoms with E-state index >= 15 is 0 Å². The largest absolute Gasteiger partial charge is 0.360 e. The highest BCUT2D eigenvalue weighted by Gasteiger charge is 2.12. The van der Waals surface area contributed by atoms with E-state index in [1.165, 1.54) is 11.3 Å². The first-order valence-electron chi connectivity index (χ1n) is 8.41. The summed E-state index contributed by atoms with van der Waals surface area (Å²) in [6, 6.07) is 21.6. The lowest BCUT2D eigenvalue weighted by Crippen LogP contribution is -1.92. The normalized spacial score (nSPS) is 11.4. The Balaban J connectivity index is 1.64. The number of hydrogen-bond acceptors (Lipinski definition) is 4. The number of anilines is 1. The Morgan fingerprint density at radius 1 is 1.07 bits per heavy atom. The van der Waals surface area contributed by atoms with E-state index in [2.05, 4.69) is 28.5 Å². The fourth-order valence-corrected chi connectivity index (χ4v) is 4.15. The molecular weight excluding hydrogens is 409 g/mol. The maximum atomic E-state index is 9.61. The number of allylic oxidation sites excluding steroid dienone is 1. The molecule has 136 valence electrons. The predicted molar refractivity (Wildman–Crippen MR) is 119 cm³/mol. The molecule has 1 N–H and O–H groups in total. The van der Waals surface area contributed by atoms with Crippen LogP contribution in [0.2, 0.25) is 10.0 Å². The molecule has 0 spiro atoms. The first-order valence-corrected chi connectivity index (χ1v) is 10.0. The van der Waals surface area contributed by atoms with E-state index in [1.54, 1.807) is 18.3 Å². The molecule has 3 aromatic carbocycles. The number of hydrogen-bond donors (Lipinski definition) is 1. The Morgan fingerprint density at radius 2 is 1.89 bits per heavy atom. The van der Waals surface area contributed by atoms with E-state index in [0.717, 1.165) is 22.0 Å². The molecule has 0 aliphatic carbocycles. The quantitative estimate of drug-likeness (QED) is 0.353. The van der Waals surface area contributed by atoms with Crippen molar-refractivity contribution in [2.24, 2.45) is 0 Å². The summed E-state index contributed by atoms with van der Waals surface area (Å²) in [6.45, 7) is 0. The zero-order valence-corrected chi connectivity index (χ0v) is 16.8. The van der Waals surface area contributed by atoms with E-state index in [9.17, 15) is 5.26 Å². The van der Waals surface area contributed by atoms with Gasteiger partial charge in [0.1, 0.15) is 16.6 Å². The van der Waals surface area contributed by atoms with E-state index in [1.807, 2.05) is 41.8 Å². The summed E-state index contributed by atoms with van der Waals surface area (Å²) in [4.78, 5) is 4.58. The first kappa shape index (κ1) is 18.5. The van der Waals surface area contributed by atoms with Crippen molar-refractivity contribution in [3.05, 3.63) is 87.3 Å². The molecule has 0 atom stereocenters. The number of fused-ring (bicyclic) bond motifs is 1. The van der Waals surface area contributed by atoms with Crippen LogP contribution in [0.1, 0.15) is 5.01 Å². The SMILES string of the molecule is N#CC(=CNc1cccc2ccccc12)c1nc(-c2ccc(Cl)cc2Cl)cs1. The molecule has 1 heterocycles. The summed E-state index contributed by atoms with van der Waals surface area (Å²) in [5, 5.41) is 18.7. The van der Waals surface area contributed by atoms with Crippen LogP contribution in [-0.2, 0) is 0 Å². The van der Waals surface area contributed by atoms with Gasteiger partial charge in [0.05, 0.1) is 10.7 Å². The molecule has 1 aromatic heterocycles. The van der Waals surface area contributed by atoms with Crippen molar-refractivity contribution in [2.75, 3.05) is 5.32 Å². The van der Waals surface area contributed by atoms with Crippen LogP contribution in [-0.4, -0.2) is 4.98 Å². The lowest BCUT2D eigenvalue weighted by atomic mass is 10.1. The minimum Gasteiger partial charge on any atom is -0.360 e. The van der Waals surface area contributed by atoms with Crippen LogP contribution in [0.4, 0.5) is 5.69 Å². The maximum absolute atomic E-state index is 9.61. The topological polar surface area (TPSA) is 48.7 Å². The number of halogens is 2. The number of aromatic nitrogens is 1. The second kappa shape index (κ2) is 8.04. The van der Waals surface area contributed by atoms with Crippen molar-refractivity contribution in [2.45, 2.75) is 0 Å².